The third kappa shape index (κ3) is 5.43. The van der Waals surface area contributed by atoms with Crippen LogP contribution in [0.5, 0.6) is 0 Å². The van der Waals surface area contributed by atoms with Gasteiger partial charge in [-0.2, -0.15) is 0 Å². The zero-order chi connectivity index (χ0) is 21.5. The molecule has 0 aliphatic carbocycles. The van der Waals surface area contributed by atoms with Crippen molar-refractivity contribution in [2.45, 2.75) is 6.04 Å². The van der Waals surface area contributed by atoms with E-state index in [0.29, 0.717) is 43.1 Å². The molecule has 0 saturated carbocycles. The van der Waals surface area contributed by atoms with Gasteiger partial charge in [0.15, 0.2) is 0 Å². The van der Waals surface area contributed by atoms with Gasteiger partial charge in [-0.3, -0.25) is 10.7 Å². The number of morpholine rings is 1. The fourth-order valence-corrected chi connectivity index (χ4v) is 3.09. The number of pyridine rings is 1. The number of amides is 2. The van der Waals surface area contributed by atoms with E-state index < -0.39 is 12.1 Å². The summed E-state index contributed by atoms with van der Waals surface area (Å²) in [6.07, 6.45) is 1.47. The molecule has 0 unspecified atom stereocenters. The number of nitrogen functional groups attached to an aromatic ring is 1. The van der Waals surface area contributed by atoms with Gasteiger partial charge in [0.1, 0.15) is 17.5 Å². The maximum Gasteiger partial charge on any atom is 0.320 e. The predicted octanol–water partition coefficient (Wildman–Crippen LogP) is 2.71. The summed E-state index contributed by atoms with van der Waals surface area (Å²) in [7, 11) is 1.51. The highest BCUT2D eigenvalue weighted by Gasteiger charge is 2.19. The predicted molar refractivity (Wildman–Crippen MR) is 117 cm³/mol. The number of nitrogens with one attached hydrogen (secondary N) is 3. The number of carbonyl (C=O) groups excluding carboxylic acids is 1. The van der Waals surface area contributed by atoms with E-state index in [2.05, 4.69) is 15.6 Å². The van der Waals surface area contributed by atoms with Crippen LogP contribution in [0.3, 0.4) is 0 Å². The Morgan fingerprint density at radius 1 is 1.40 bits per heavy atom. The van der Waals surface area contributed by atoms with Gasteiger partial charge in [-0.15, -0.1) is 0 Å². The third-order valence-electron chi connectivity index (χ3n) is 4.67. The van der Waals surface area contributed by atoms with E-state index in [1.54, 1.807) is 12.1 Å². The van der Waals surface area contributed by atoms with E-state index in [-0.39, 0.29) is 28.4 Å². The fraction of sp³-hybridized carbons (Fsp3) is 0.350. The smallest absolute Gasteiger partial charge is 0.320 e. The molecule has 5 N–H and O–H groups in total. The van der Waals surface area contributed by atoms with Crippen LogP contribution in [-0.2, 0) is 9.47 Å². The highest BCUT2D eigenvalue weighted by molar-refractivity contribution is 6.01. The van der Waals surface area contributed by atoms with Crippen LogP contribution in [0.4, 0.5) is 20.7 Å². The lowest BCUT2D eigenvalue weighted by molar-refractivity contribution is 0.0680. The molecule has 1 saturated heterocycles. The second-order valence-corrected chi connectivity index (χ2v) is 6.76. The number of nitrogens with two attached hydrogens (primary N) is 1. The van der Waals surface area contributed by atoms with E-state index in [1.807, 2.05) is 4.90 Å². The second-order valence-electron chi connectivity index (χ2n) is 6.76. The number of aromatic nitrogens is 1. The molecular weight excluding hydrogens is 391 g/mol. The van der Waals surface area contributed by atoms with Crippen LogP contribution in [0.2, 0.25) is 0 Å². The number of amidine groups is 1. The Balaban J connectivity index is 0.00000341. The number of carbonyl (C=O) groups is 1. The molecule has 1 aliphatic heterocycles. The van der Waals surface area contributed by atoms with Crippen molar-refractivity contribution < 1.29 is 22.9 Å². The van der Waals surface area contributed by atoms with Gasteiger partial charge in [0, 0.05) is 42.4 Å². The molecule has 0 radical (unpaired) electrons. The standard InChI is InChI=1S/C20H25FN6O3.3H2/c1-29-12-17(13-2-4-14(21)5-3-13)25-20(28)26-18-10-16(22)15(11-24-18)19(23)27-6-8-30-9-7-27;;;/h2-5,10-11,17,23H,6-9,12H2,1H3,(H4,22,24,25,26,28);3*1H/t17-;;;/m0.../s1. The van der Waals surface area contributed by atoms with Crippen LogP contribution in [-0.4, -0.2) is 61.8 Å². The number of benzene rings is 1. The van der Waals surface area contributed by atoms with Crippen molar-refractivity contribution in [2.75, 3.05) is 51.1 Å². The van der Waals surface area contributed by atoms with Crippen molar-refractivity contribution >= 4 is 23.4 Å². The van der Waals surface area contributed by atoms with E-state index in [9.17, 15) is 9.18 Å². The molecule has 9 nitrogen and oxygen atoms in total. The molecule has 1 aromatic carbocycles. The van der Waals surface area contributed by atoms with E-state index in [4.69, 9.17) is 20.6 Å². The van der Waals surface area contributed by atoms with Crippen molar-refractivity contribution in [1.82, 2.24) is 15.2 Å². The first-order chi connectivity index (χ1) is 14.5. The quantitative estimate of drug-likeness (QED) is 0.419. The third-order valence-corrected chi connectivity index (χ3v) is 4.67. The van der Waals surface area contributed by atoms with Crippen molar-refractivity contribution in [3.63, 3.8) is 0 Å². The molecule has 1 fully saturated rings. The van der Waals surface area contributed by atoms with Crippen LogP contribution >= 0.6 is 0 Å². The summed E-state index contributed by atoms with van der Waals surface area (Å²) in [6, 6.07) is 6.34. The fourth-order valence-electron chi connectivity index (χ4n) is 3.09. The summed E-state index contributed by atoms with van der Waals surface area (Å²) in [4.78, 5) is 18.5. The minimum Gasteiger partial charge on any atom is -0.398 e. The first-order valence-corrected chi connectivity index (χ1v) is 9.47. The van der Waals surface area contributed by atoms with E-state index in [0.717, 1.165) is 0 Å². The molecule has 0 bridgehead atoms. The molecule has 1 atom stereocenters. The van der Waals surface area contributed by atoms with Crippen LogP contribution < -0.4 is 16.4 Å². The average Bonchev–Trinajstić information content (AvgIpc) is 2.74. The van der Waals surface area contributed by atoms with Gasteiger partial charge >= 0.3 is 6.03 Å². The lowest BCUT2D eigenvalue weighted by Gasteiger charge is -2.29. The van der Waals surface area contributed by atoms with Gasteiger partial charge in [-0.25, -0.2) is 14.2 Å². The molecule has 2 amide bonds. The minimum atomic E-state index is -0.510. The number of rotatable bonds is 6. The summed E-state index contributed by atoms with van der Waals surface area (Å²) in [5, 5.41) is 13.7. The van der Waals surface area contributed by atoms with Gasteiger partial charge in [-0.05, 0) is 17.7 Å². The van der Waals surface area contributed by atoms with Crippen molar-refractivity contribution in [3.8, 4) is 0 Å². The van der Waals surface area contributed by atoms with Crippen LogP contribution in [0, 0.1) is 11.2 Å². The molecule has 166 valence electrons. The Morgan fingerprint density at radius 3 is 2.73 bits per heavy atom. The van der Waals surface area contributed by atoms with Crippen LogP contribution in [0.1, 0.15) is 21.4 Å². The van der Waals surface area contributed by atoms with Gasteiger partial charge < -0.3 is 25.4 Å². The molecular formula is C20H31FN6O3. The molecule has 30 heavy (non-hydrogen) atoms. The Kier molecular flexibility index (Phi) is 7.15. The number of anilines is 2. The van der Waals surface area contributed by atoms with E-state index >= 15 is 0 Å². The number of hydrogen-bond donors (Lipinski definition) is 4. The Hall–Kier alpha value is -3.24. The molecule has 0 spiro atoms. The van der Waals surface area contributed by atoms with Crippen LogP contribution in [0.15, 0.2) is 36.5 Å². The summed E-state index contributed by atoms with van der Waals surface area (Å²) < 4.78 is 23.6. The second kappa shape index (κ2) is 9.99. The number of ether oxygens (including phenoxy) is 2. The molecule has 10 heteroatoms. The van der Waals surface area contributed by atoms with Crippen molar-refractivity contribution in [2.24, 2.45) is 0 Å². The lowest BCUT2D eigenvalue weighted by atomic mass is 10.1. The molecule has 1 aliphatic rings. The summed E-state index contributed by atoms with van der Waals surface area (Å²) >= 11 is 0. The van der Waals surface area contributed by atoms with Gasteiger partial charge in [-0.1, -0.05) is 12.1 Å². The number of halogens is 1. The SMILES string of the molecule is COC[C@H](NC(=O)Nc1cc(N)c(C(=N)N2CCOCC2)cn1)c1ccc(F)cc1.[HH].[HH].[HH]. The Morgan fingerprint density at radius 2 is 2.10 bits per heavy atom. The normalized spacial score (nSPS) is 14.8. The maximum atomic E-state index is 13.2. The van der Waals surface area contributed by atoms with Gasteiger partial charge in [0.2, 0.25) is 0 Å². The minimum absolute atomic E-state index is 0. The first kappa shape index (κ1) is 21.5. The number of urea groups is 1. The summed E-state index contributed by atoms with van der Waals surface area (Å²) in [5.41, 5.74) is 7.63. The van der Waals surface area contributed by atoms with Crippen molar-refractivity contribution in [1.29, 1.82) is 5.41 Å². The molecule has 1 aromatic heterocycles. The molecule has 3 rings (SSSR count). The first-order valence-electron chi connectivity index (χ1n) is 9.47. The van der Waals surface area contributed by atoms with E-state index in [1.165, 1.54) is 31.5 Å². The largest absolute Gasteiger partial charge is 0.398 e. The summed E-state index contributed by atoms with van der Waals surface area (Å²) in [5.74, 6) is 0.163. The lowest BCUT2D eigenvalue weighted by Crippen LogP contribution is -2.41. The molecule has 2 heterocycles. The Labute approximate surface area is 178 Å². The Bertz CT molecular complexity index is 901. The highest BCUT2D eigenvalue weighted by atomic mass is 19.1. The van der Waals surface area contributed by atoms with Crippen LogP contribution in [0.25, 0.3) is 0 Å². The van der Waals surface area contributed by atoms with Crippen molar-refractivity contribution in [3.05, 3.63) is 53.5 Å². The number of nitrogens with zero attached hydrogens (tertiary/aromatic N) is 2. The van der Waals surface area contributed by atoms with Gasteiger partial charge in [0.05, 0.1) is 31.4 Å². The number of hydrogen-bond acceptors (Lipinski definition) is 6. The monoisotopic (exact) mass is 422 g/mol. The zero-order valence-electron chi connectivity index (χ0n) is 16.7. The summed E-state index contributed by atoms with van der Waals surface area (Å²) in [6.45, 7) is 2.57. The topological polar surface area (TPSA) is 126 Å². The zero-order valence-corrected chi connectivity index (χ0v) is 16.7. The van der Waals surface area contributed by atoms with Gasteiger partial charge in [0.25, 0.3) is 0 Å². The maximum absolute atomic E-state index is 13.2. The molecule has 2 aromatic rings. The number of methoxy groups -OCH3 is 1. The highest BCUT2D eigenvalue weighted by Crippen LogP contribution is 2.19. The average molecular weight is 423 g/mol.